The van der Waals surface area contributed by atoms with Gasteiger partial charge in [0.1, 0.15) is 34.3 Å². The van der Waals surface area contributed by atoms with Gasteiger partial charge in [0.2, 0.25) is 11.2 Å². The number of benzene rings is 2. The van der Waals surface area contributed by atoms with Crippen molar-refractivity contribution < 1.29 is 34.7 Å². The van der Waals surface area contributed by atoms with Crippen molar-refractivity contribution in [2.24, 2.45) is 0 Å². The normalized spacial score (nSPS) is 12.2. The van der Waals surface area contributed by atoms with Gasteiger partial charge in [-0.25, -0.2) is 0 Å². The summed E-state index contributed by atoms with van der Waals surface area (Å²) in [6.45, 7) is -0.445. The van der Waals surface area contributed by atoms with Crippen molar-refractivity contribution >= 4 is 11.0 Å². The lowest BCUT2D eigenvalue weighted by Gasteiger charge is -2.18. The van der Waals surface area contributed by atoms with Crippen LogP contribution in [0.2, 0.25) is 0 Å². The maximum Gasteiger partial charge on any atom is 0.238 e. The van der Waals surface area contributed by atoms with Gasteiger partial charge in [0.25, 0.3) is 0 Å². The van der Waals surface area contributed by atoms with Crippen molar-refractivity contribution in [1.82, 2.24) is 0 Å². The molecule has 1 heterocycles. The van der Waals surface area contributed by atoms with Gasteiger partial charge >= 0.3 is 0 Å². The van der Waals surface area contributed by atoms with Crippen molar-refractivity contribution in [1.29, 1.82) is 0 Å². The third-order valence-electron chi connectivity index (χ3n) is 4.23. The van der Waals surface area contributed by atoms with Crippen molar-refractivity contribution in [2.75, 3.05) is 13.2 Å². The van der Waals surface area contributed by atoms with Crippen molar-refractivity contribution in [3.63, 3.8) is 0 Å². The van der Waals surface area contributed by atoms with Crippen LogP contribution in [0.4, 0.5) is 0 Å². The number of phenols is 2. The molecule has 0 bridgehead atoms. The molecule has 0 saturated heterocycles. The summed E-state index contributed by atoms with van der Waals surface area (Å²) >= 11 is 0. The van der Waals surface area contributed by atoms with Gasteiger partial charge in [0, 0.05) is 24.3 Å². The van der Waals surface area contributed by atoms with Gasteiger partial charge in [-0.3, -0.25) is 4.79 Å². The molecule has 1 unspecified atom stereocenters. The van der Waals surface area contributed by atoms with Crippen LogP contribution in [0.1, 0.15) is 12.8 Å². The van der Waals surface area contributed by atoms with Gasteiger partial charge in [0.15, 0.2) is 5.76 Å². The Kier molecular flexibility index (Phi) is 5.72. The summed E-state index contributed by atoms with van der Waals surface area (Å²) in [4.78, 5) is 12.8. The minimum atomic E-state index is -0.766. The molecule has 8 nitrogen and oxygen atoms in total. The first-order valence-electron chi connectivity index (χ1n) is 8.65. The lowest BCUT2D eigenvalue weighted by Crippen LogP contribution is -2.22. The molecule has 8 heteroatoms. The first kappa shape index (κ1) is 19.5. The second-order valence-electron chi connectivity index (χ2n) is 6.26. The quantitative estimate of drug-likeness (QED) is 0.414. The number of hydrogen-bond donors (Lipinski definition) is 5. The standard InChI is InChI=1S/C20H20O8/c21-7-1-2-14(10-22)27-15-8-13(24)9-16-17(15)18(25)19(26)20(28-16)11-3-5-12(23)6-4-11/h3-6,8-9,14,21-24,26H,1-2,7,10H2. The lowest BCUT2D eigenvalue weighted by atomic mass is 10.1. The molecule has 1 aromatic heterocycles. The zero-order valence-corrected chi connectivity index (χ0v) is 14.8. The highest BCUT2D eigenvalue weighted by Crippen LogP contribution is 2.36. The van der Waals surface area contributed by atoms with Crippen LogP contribution >= 0.6 is 0 Å². The Morgan fingerprint density at radius 1 is 1.00 bits per heavy atom. The van der Waals surface area contributed by atoms with Gasteiger partial charge in [-0.15, -0.1) is 0 Å². The molecule has 28 heavy (non-hydrogen) atoms. The Bertz CT molecular complexity index is 1020. The second-order valence-corrected chi connectivity index (χ2v) is 6.26. The number of rotatable bonds is 7. The molecule has 0 spiro atoms. The molecule has 0 aliphatic heterocycles. The van der Waals surface area contributed by atoms with Crippen LogP contribution in [0.15, 0.2) is 45.6 Å². The van der Waals surface area contributed by atoms with Crippen LogP contribution in [0.25, 0.3) is 22.3 Å². The zero-order valence-electron chi connectivity index (χ0n) is 14.8. The van der Waals surface area contributed by atoms with E-state index in [2.05, 4.69) is 0 Å². The SMILES string of the molecule is O=c1c(O)c(-c2ccc(O)cc2)oc2cc(O)cc(OC(CO)CCCO)c12. The monoisotopic (exact) mass is 388 g/mol. The van der Waals surface area contributed by atoms with Gasteiger partial charge < -0.3 is 34.7 Å². The smallest absolute Gasteiger partial charge is 0.238 e. The average molecular weight is 388 g/mol. The van der Waals surface area contributed by atoms with Gasteiger partial charge in [-0.1, -0.05) is 0 Å². The van der Waals surface area contributed by atoms with Gasteiger partial charge in [0.05, 0.1) is 6.61 Å². The third-order valence-corrected chi connectivity index (χ3v) is 4.23. The molecule has 1 atom stereocenters. The Hall–Kier alpha value is -3.23. The van der Waals surface area contributed by atoms with Crippen LogP contribution in [-0.4, -0.2) is 44.9 Å². The van der Waals surface area contributed by atoms with E-state index in [0.29, 0.717) is 18.4 Å². The summed E-state index contributed by atoms with van der Waals surface area (Å²) in [5.74, 6) is -1.03. The number of phenolic OH excluding ortho intramolecular Hbond substituents is 2. The van der Waals surface area contributed by atoms with Gasteiger partial charge in [-0.05, 0) is 37.1 Å². The highest BCUT2D eigenvalue weighted by atomic mass is 16.5. The van der Waals surface area contributed by atoms with Crippen molar-refractivity contribution in [2.45, 2.75) is 18.9 Å². The average Bonchev–Trinajstić information content (AvgIpc) is 2.68. The maximum absolute atomic E-state index is 12.8. The number of aromatic hydroxyl groups is 3. The molecule has 0 amide bonds. The maximum atomic E-state index is 12.8. The summed E-state index contributed by atoms with van der Waals surface area (Å²) < 4.78 is 11.3. The summed E-state index contributed by atoms with van der Waals surface area (Å²) in [6.07, 6.45) is -0.00431. The summed E-state index contributed by atoms with van der Waals surface area (Å²) in [5, 5.41) is 48.1. The van der Waals surface area contributed by atoms with E-state index >= 15 is 0 Å². The van der Waals surface area contributed by atoms with E-state index in [1.54, 1.807) is 0 Å². The number of aliphatic hydroxyl groups excluding tert-OH is 2. The van der Waals surface area contributed by atoms with Crippen LogP contribution in [0.3, 0.4) is 0 Å². The molecule has 5 N–H and O–H groups in total. The first-order valence-corrected chi connectivity index (χ1v) is 8.65. The second kappa shape index (κ2) is 8.20. The predicted octanol–water partition coefficient (Wildman–Crippen LogP) is 2.09. The Balaban J connectivity index is 2.13. The van der Waals surface area contributed by atoms with Crippen molar-refractivity contribution in [3.05, 3.63) is 46.6 Å². The highest BCUT2D eigenvalue weighted by molar-refractivity contribution is 5.88. The highest BCUT2D eigenvalue weighted by Gasteiger charge is 2.21. The summed E-state index contributed by atoms with van der Waals surface area (Å²) in [6, 6.07) is 8.10. The van der Waals surface area contributed by atoms with Crippen LogP contribution in [-0.2, 0) is 0 Å². The molecule has 3 rings (SSSR count). The van der Waals surface area contributed by atoms with Crippen molar-refractivity contribution in [3.8, 4) is 34.3 Å². The Labute approximate surface area is 159 Å². The predicted molar refractivity (Wildman–Crippen MR) is 101 cm³/mol. The fourth-order valence-corrected chi connectivity index (χ4v) is 2.85. The molecular weight excluding hydrogens is 368 g/mol. The Morgan fingerprint density at radius 3 is 2.36 bits per heavy atom. The summed E-state index contributed by atoms with van der Waals surface area (Å²) in [5.41, 5.74) is -0.422. The topological polar surface area (TPSA) is 141 Å². The van der Waals surface area contributed by atoms with Crippen LogP contribution in [0.5, 0.6) is 23.0 Å². The van der Waals surface area contributed by atoms with Gasteiger partial charge in [-0.2, -0.15) is 0 Å². The lowest BCUT2D eigenvalue weighted by molar-refractivity contribution is 0.102. The number of aliphatic hydroxyl groups is 2. The first-order chi connectivity index (χ1) is 13.4. The zero-order chi connectivity index (χ0) is 20.3. The van der Waals surface area contributed by atoms with Crippen LogP contribution < -0.4 is 10.2 Å². The molecule has 148 valence electrons. The van der Waals surface area contributed by atoms with E-state index in [9.17, 15) is 25.2 Å². The molecular formula is C20H20O8. The third kappa shape index (κ3) is 3.88. The summed E-state index contributed by atoms with van der Waals surface area (Å²) in [7, 11) is 0. The van der Waals surface area contributed by atoms with Crippen LogP contribution in [0, 0.1) is 0 Å². The molecule has 3 aromatic rings. The fraction of sp³-hybridized carbons (Fsp3) is 0.250. The minimum absolute atomic E-state index is 0.0117. The largest absolute Gasteiger partial charge is 0.508 e. The van der Waals surface area contributed by atoms with E-state index in [0.717, 1.165) is 0 Å². The molecule has 0 saturated carbocycles. The Morgan fingerprint density at radius 2 is 1.71 bits per heavy atom. The number of ether oxygens (including phenoxy) is 1. The van der Waals surface area contributed by atoms with E-state index in [1.165, 1.54) is 36.4 Å². The fourth-order valence-electron chi connectivity index (χ4n) is 2.85. The van der Waals surface area contributed by atoms with E-state index in [4.69, 9.17) is 14.3 Å². The minimum Gasteiger partial charge on any atom is -0.508 e. The van der Waals surface area contributed by atoms with E-state index < -0.39 is 17.3 Å². The van der Waals surface area contributed by atoms with E-state index in [1.807, 2.05) is 0 Å². The molecule has 0 fully saturated rings. The number of fused-ring (bicyclic) bond motifs is 1. The molecule has 0 aliphatic carbocycles. The molecule has 0 aliphatic rings. The molecule has 0 radical (unpaired) electrons. The van der Waals surface area contributed by atoms with E-state index in [-0.39, 0.29) is 47.2 Å². The molecule has 2 aromatic carbocycles. The number of hydrogen-bond acceptors (Lipinski definition) is 8.